The highest BCUT2D eigenvalue weighted by Crippen LogP contribution is 2.38. The first-order valence-electron chi connectivity index (χ1n) is 8.20. The molecule has 0 aliphatic rings. The molecule has 0 aliphatic carbocycles. The van der Waals surface area contributed by atoms with Crippen LogP contribution < -0.4 is 15.0 Å². The SMILES string of the molecule is COc1cccc(-c2nc(SC)[nH]c(=O)c2C#N)c1OCc1ccc(F)cc1. The van der Waals surface area contributed by atoms with Gasteiger partial charge in [-0.25, -0.2) is 9.37 Å². The summed E-state index contributed by atoms with van der Waals surface area (Å²) in [5, 5.41) is 9.83. The van der Waals surface area contributed by atoms with Crippen molar-refractivity contribution < 1.29 is 13.9 Å². The van der Waals surface area contributed by atoms with E-state index in [1.807, 2.05) is 6.07 Å². The van der Waals surface area contributed by atoms with Gasteiger partial charge in [-0.1, -0.05) is 30.0 Å². The van der Waals surface area contributed by atoms with Crippen molar-refractivity contribution in [3.63, 3.8) is 0 Å². The van der Waals surface area contributed by atoms with Crippen molar-refractivity contribution in [2.75, 3.05) is 13.4 Å². The molecule has 0 atom stereocenters. The van der Waals surface area contributed by atoms with Gasteiger partial charge in [-0.3, -0.25) is 4.79 Å². The van der Waals surface area contributed by atoms with Crippen molar-refractivity contribution in [2.24, 2.45) is 0 Å². The normalized spacial score (nSPS) is 10.4. The summed E-state index contributed by atoms with van der Waals surface area (Å²) in [7, 11) is 1.49. The summed E-state index contributed by atoms with van der Waals surface area (Å²) in [6.07, 6.45) is 1.77. The van der Waals surface area contributed by atoms with E-state index in [-0.39, 0.29) is 23.7 Å². The smallest absolute Gasteiger partial charge is 0.270 e. The second-order valence-electron chi connectivity index (χ2n) is 5.66. The van der Waals surface area contributed by atoms with Gasteiger partial charge in [0.15, 0.2) is 16.7 Å². The van der Waals surface area contributed by atoms with Crippen molar-refractivity contribution in [3.05, 3.63) is 69.8 Å². The van der Waals surface area contributed by atoms with E-state index in [0.29, 0.717) is 22.2 Å². The number of halogens is 1. The van der Waals surface area contributed by atoms with E-state index in [0.717, 1.165) is 5.56 Å². The third kappa shape index (κ3) is 4.00. The van der Waals surface area contributed by atoms with Crippen LogP contribution in [0.1, 0.15) is 11.1 Å². The van der Waals surface area contributed by atoms with Gasteiger partial charge in [-0.15, -0.1) is 0 Å². The molecule has 0 bridgehead atoms. The Kier molecular flexibility index (Phi) is 5.96. The number of aromatic nitrogens is 2. The van der Waals surface area contributed by atoms with E-state index in [4.69, 9.17) is 9.47 Å². The first kappa shape index (κ1) is 19.5. The third-order valence-corrected chi connectivity index (χ3v) is 4.53. The Balaban J connectivity index is 2.10. The maximum Gasteiger partial charge on any atom is 0.270 e. The molecule has 0 spiro atoms. The number of ether oxygens (including phenoxy) is 2. The molecular formula is C20H16FN3O3S. The summed E-state index contributed by atoms with van der Waals surface area (Å²) in [4.78, 5) is 19.2. The maximum absolute atomic E-state index is 13.1. The van der Waals surface area contributed by atoms with Crippen LogP contribution in [-0.2, 0) is 6.61 Å². The number of hydrogen-bond acceptors (Lipinski definition) is 6. The molecule has 2 aromatic carbocycles. The van der Waals surface area contributed by atoms with Crippen LogP contribution in [0.5, 0.6) is 11.5 Å². The van der Waals surface area contributed by atoms with Gasteiger partial charge < -0.3 is 14.5 Å². The van der Waals surface area contributed by atoms with Gasteiger partial charge in [0, 0.05) is 5.56 Å². The molecule has 0 fully saturated rings. The van der Waals surface area contributed by atoms with Crippen LogP contribution in [-0.4, -0.2) is 23.3 Å². The Bertz CT molecular complexity index is 1090. The van der Waals surface area contributed by atoms with Gasteiger partial charge in [0.05, 0.1) is 7.11 Å². The van der Waals surface area contributed by atoms with Gasteiger partial charge in [0.25, 0.3) is 5.56 Å². The minimum atomic E-state index is -0.524. The Morgan fingerprint density at radius 3 is 2.64 bits per heavy atom. The number of methoxy groups -OCH3 is 1. The minimum absolute atomic E-state index is 0.113. The maximum atomic E-state index is 13.1. The van der Waals surface area contributed by atoms with Crippen LogP contribution in [0.3, 0.4) is 0 Å². The van der Waals surface area contributed by atoms with Gasteiger partial charge in [0.1, 0.15) is 29.8 Å². The molecule has 0 unspecified atom stereocenters. The van der Waals surface area contributed by atoms with Crippen LogP contribution in [0.25, 0.3) is 11.3 Å². The van der Waals surface area contributed by atoms with E-state index in [1.54, 1.807) is 36.6 Å². The van der Waals surface area contributed by atoms with E-state index in [1.165, 1.54) is 31.0 Å². The largest absolute Gasteiger partial charge is 0.493 e. The first-order chi connectivity index (χ1) is 13.6. The monoisotopic (exact) mass is 397 g/mol. The molecule has 0 amide bonds. The predicted octanol–water partition coefficient (Wildman–Crippen LogP) is 3.76. The van der Waals surface area contributed by atoms with E-state index in [2.05, 4.69) is 9.97 Å². The van der Waals surface area contributed by atoms with E-state index in [9.17, 15) is 14.4 Å². The Morgan fingerprint density at radius 1 is 1.25 bits per heavy atom. The molecule has 1 aromatic heterocycles. The van der Waals surface area contributed by atoms with Crippen molar-refractivity contribution >= 4 is 11.8 Å². The summed E-state index contributed by atoms with van der Waals surface area (Å²) in [5.74, 6) is 0.435. The van der Waals surface area contributed by atoms with E-state index >= 15 is 0 Å². The molecule has 3 aromatic rings. The Labute approximate surface area is 165 Å². The fraction of sp³-hybridized carbons (Fsp3) is 0.150. The number of hydrogen-bond donors (Lipinski definition) is 1. The first-order valence-corrected chi connectivity index (χ1v) is 9.43. The number of aromatic amines is 1. The van der Waals surface area contributed by atoms with Crippen LogP contribution in [0.15, 0.2) is 52.4 Å². The van der Waals surface area contributed by atoms with Gasteiger partial charge in [0.2, 0.25) is 0 Å². The van der Waals surface area contributed by atoms with Gasteiger partial charge in [-0.2, -0.15) is 5.26 Å². The number of benzene rings is 2. The van der Waals surface area contributed by atoms with Crippen molar-refractivity contribution in [1.82, 2.24) is 9.97 Å². The molecule has 142 valence electrons. The zero-order valence-electron chi connectivity index (χ0n) is 15.2. The molecule has 6 nitrogen and oxygen atoms in total. The number of H-pyrrole nitrogens is 1. The van der Waals surface area contributed by atoms with Crippen LogP contribution in [0, 0.1) is 17.1 Å². The molecule has 0 saturated carbocycles. The Hall–Kier alpha value is -3.31. The average molecular weight is 397 g/mol. The molecule has 28 heavy (non-hydrogen) atoms. The number of nitrogens with zero attached hydrogens (tertiary/aromatic N) is 2. The lowest BCUT2D eigenvalue weighted by atomic mass is 10.1. The molecule has 0 radical (unpaired) electrons. The summed E-state index contributed by atoms with van der Waals surface area (Å²) in [5.41, 5.74) is 0.785. The predicted molar refractivity (Wildman–Crippen MR) is 104 cm³/mol. The van der Waals surface area contributed by atoms with Crippen molar-refractivity contribution in [1.29, 1.82) is 5.26 Å². The summed E-state index contributed by atoms with van der Waals surface area (Å²) < 4.78 is 24.4. The summed E-state index contributed by atoms with van der Waals surface area (Å²) in [6, 6.07) is 13.0. The summed E-state index contributed by atoms with van der Waals surface area (Å²) >= 11 is 1.25. The lowest BCUT2D eigenvalue weighted by molar-refractivity contribution is 0.285. The van der Waals surface area contributed by atoms with Gasteiger partial charge >= 0.3 is 0 Å². The average Bonchev–Trinajstić information content (AvgIpc) is 2.72. The lowest BCUT2D eigenvalue weighted by Gasteiger charge is -2.15. The number of para-hydroxylation sites is 1. The molecule has 0 saturated heterocycles. The number of nitriles is 1. The zero-order chi connectivity index (χ0) is 20.1. The molecule has 3 rings (SSSR count). The van der Waals surface area contributed by atoms with Gasteiger partial charge in [-0.05, 0) is 36.1 Å². The number of nitrogens with one attached hydrogen (secondary N) is 1. The second kappa shape index (κ2) is 8.59. The fourth-order valence-corrected chi connectivity index (χ4v) is 2.97. The molecule has 8 heteroatoms. The van der Waals surface area contributed by atoms with Crippen LogP contribution in [0.4, 0.5) is 4.39 Å². The van der Waals surface area contributed by atoms with Crippen molar-refractivity contribution in [2.45, 2.75) is 11.8 Å². The second-order valence-corrected chi connectivity index (χ2v) is 6.46. The topological polar surface area (TPSA) is 88.0 Å². The van der Waals surface area contributed by atoms with Crippen LogP contribution >= 0.6 is 11.8 Å². The molecular weight excluding hydrogens is 381 g/mol. The highest BCUT2D eigenvalue weighted by molar-refractivity contribution is 7.98. The zero-order valence-corrected chi connectivity index (χ0v) is 16.0. The van der Waals surface area contributed by atoms with E-state index < -0.39 is 5.56 Å². The lowest BCUT2D eigenvalue weighted by Crippen LogP contribution is -2.15. The summed E-state index contributed by atoms with van der Waals surface area (Å²) in [6.45, 7) is 0.147. The molecule has 1 heterocycles. The fourth-order valence-electron chi connectivity index (χ4n) is 2.60. The number of rotatable bonds is 6. The van der Waals surface area contributed by atoms with Crippen molar-refractivity contribution in [3.8, 4) is 28.8 Å². The molecule has 1 N–H and O–H groups in total. The number of thioether (sulfide) groups is 1. The molecule has 0 aliphatic heterocycles. The third-order valence-electron chi connectivity index (χ3n) is 3.95. The van der Waals surface area contributed by atoms with Crippen LogP contribution in [0.2, 0.25) is 0 Å². The highest BCUT2D eigenvalue weighted by atomic mass is 32.2. The standard InChI is InChI=1S/C20H16FN3O3S/c1-26-16-5-3-4-14(17-15(10-22)19(25)24-20(23-17)28-2)18(16)27-11-12-6-8-13(21)9-7-12/h3-9H,11H2,1-2H3,(H,23,24,25). The Morgan fingerprint density at radius 2 is 2.00 bits per heavy atom. The minimum Gasteiger partial charge on any atom is -0.493 e. The quantitative estimate of drug-likeness (QED) is 0.503. The highest BCUT2D eigenvalue weighted by Gasteiger charge is 2.20.